The second-order valence-corrected chi connectivity index (χ2v) is 6.50. The van der Waals surface area contributed by atoms with Crippen LogP contribution >= 0.6 is 12.4 Å². The third-order valence-electron chi connectivity index (χ3n) is 5.05. The minimum Gasteiger partial charge on any atom is -0.493 e. The molecule has 1 aromatic carbocycles. The Morgan fingerprint density at radius 2 is 1.64 bits per heavy atom. The lowest BCUT2D eigenvalue weighted by Crippen LogP contribution is -2.49. The second kappa shape index (κ2) is 9.48. The van der Waals surface area contributed by atoms with Crippen molar-refractivity contribution in [2.75, 3.05) is 60.6 Å². The molecular formula is C18H30ClN3O3. The average Bonchev–Trinajstić information content (AvgIpc) is 3.10. The molecule has 0 radical (unpaired) electrons. The summed E-state index contributed by atoms with van der Waals surface area (Å²) in [5, 5.41) is 3.43. The zero-order valence-corrected chi connectivity index (χ0v) is 16.2. The Bertz CT molecular complexity index is 527. The van der Waals surface area contributed by atoms with E-state index in [1.54, 1.807) is 21.3 Å². The molecule has 2 saturated heterocycles. The molecular weight excluding hydrogens is 342 g/mol. The van der Waals surface area contributed by atoms with Crippen molar-refractivity contribution >= 4 is 12.4 Å². The Morgan fingerprint density at radius 3 is 2.20 bits per heavy atom. The van der Waals surface area contributed by atoms with Crippen molar-refractivity contribution in [3.05, 3.63) is 17.7 Å². The monoisotopic (exact) mass is 371 g/mol. The SMILES string of the molecule is COc1cc(CN2CCC(N3CCNCC3)C2)cc(OC)c1OC.Cl. The topological polar surface area (TPSA) is 46.2 Å². The molecule has 1 unspecified atom stereocenters. The van der Waals surface area contributed by atoms with E-state index >= 15 is 0 Å². The van der Waals surface area contributed by atoms with Gasteiger partial charge in [0.15, 0.2) is 11.5 Å². The number of methoxy groups -OCH3 is 3. The van der Waals surface area contributed by atoms with E-state index in [0.29, 0.717) is 11.8 Å². The van der Waals surface area contributed by atoms with Crippen molar-refractivity contribution in [3.8, 4) is 17.2 Å². The summed E-state index contributed by atoms with van der Waals surface area (Å²) in [6, 6.07) is 4.80. The maximum absolute atomic E-state index is 5.46. The number of nitrogens with zero attached hydrogens (tertiary/aromatic N) is 2. The van der Waals surface area contributed by atoms with E-state index in [1.165, 1.54) is 25.1 Å². The predicted octanol–water partition coefficient (Wildman–Crippen LogP) is 1.61. The van der Waals surface area contributed by atoms with E-state index in [-0.39, 0.29) is 12.4 Å². The highest BCUT2D eigenvalue weighted by Gasteiger charge is 2.28. The van der Waals surface area contributed by atoms with Gasteiger partial charge in [-0.25, -0.2) is 0 Å². The van der Waals surface area contributed by atoms with Crippen LogP contribution in [0.25, 0.3) is 0 Å². The molecule has 1 aromatic rings. The van der Waals surface area contributed by atoms with Gasteiger partial charge in [-0.15, -0.1) is 12.4 Å². The first kappa shape index (κ1) is 20.1. The van der Waals surface area contributed by atoms with Crippen LogP contribution in [-0.2, 0) is 6.54 Å². The molecule has 2 aliphatic rings. The first-order valence-electron chi connectivity index (χ1n) is 8.71. The lowest BCUT2D eigenvalue weighted by atomic mass is 10.1. The van der Waals surface area contributed by atoms with E-state index in [1.807, 2.05) is 0 Å². The fourth-order valence-electron chi connectivity index (χ4n) is 3.79. The first-order chi connectivity index (χ1) is 11.7. The highest BCUT2D eigenvalue weighted by molar-refractivity contribution is 5.85. The van der Waals surface area contributed by atoms with E-state index in [2.05, 4.69) is 27.2 Å². The second-order valence-electron chi connectivity index (χ2n) is 6.50. The van der Waals surface area contributed by atoms with Gasteiger partial charge < -0.3 is 19.5 Å². The molecule has 1 N–H and O–H groups in total. The van der Waals surface area contributed by atoms with Gasteiger partial charge in [0.25, 0.3) is 0 Å². The summed E-state index contributed by atoms with van der Waals surface area (Å²) >= 11 is 0. The number of hydrogen-bond donors (Lipinski definition) is 1. The van der Waals surface area contributed by atoms with Crippen LogP contribution in [0.1, 0.15) is 12.0 Å². The van der Waals surface area contributed by atoms with Crippen LogP contribution in [0.4, 0.5) is 0 Å². The predicted molar refractivity (Wildman–Crippen MR) is 101 cm³/mol. The van der Waals surface area contributed by atoms with Crippen molar-refractivity contribution in [3.63, 3.8) is 0 Å². The molecule has 0 bridgehead atoms. The Labute approximate surface area is 156 Å². The van der Waals surface area contributed by atoms with Gasteiger partial charge in [0, 0.05) is 51.9 Å². The highest BCUT2D eigenvalue weighted by Crippen LogP contribution is 2.38. The molecule has 0 amide bonds. The summed E-state index contributed by atoms with van der Waals surface area (Å²) in [6.07, 6.45) is 1.25. The Kier molecular flexibility index (Phi) is 7.62. The largest absolute Gasteiger partial charge is 0.493 e. The van der Waals surface area contributed by atoms with Gasteiger partial charge in [-0.05, 0) is 24.1 Å². The zero-order chi connectivity index (χ0) is 16.9. The molecule has 2 aliphatic heterocycles. The Hall–Kier alpha value is -1.21. The molecule has 6 nitrogen and oxygen atoms in total. The molecule has 3 rings (SSSR count). The summed E-state index contributed by atoms with van der Waals surface area (Å²) in [5.41, 5.74) is 1.20. The van der Waals surface area contributed by atoms with Crippen LogP contribution in [0, 0.1) is 0 Å². The summed E-state index contributed by atoms with van der Waals surface area (Å²) in [6.45, 7) is 7.76. The molecule has 1 atom stereocenters. The molecule has 0 saturated carbocycles. The number of nitrogens with one attached hydrogen (secondary N) is 1. The summed E-state index contributed by atoms with van der Waals surface area (Å²) in [7, 11) is 4.97. The van der Waals surface area contributed by atoms with Crippen molar-refractivity contribution in [1.82, 2.24) is 15.1 Å². The molecule has 142 valence electrons. The maximum atomic E-state index is 5.46. The minimum atomic E-state index is 0. The van der Waals surface area contributed by atoms with Gasteiger partial charge in [0.2, 0.25) is 5.75 Å². The third-order valence-corrected chi connectivity index (χ3v) is 5.05. The summed E-state index contributed by atoms with van der Waals surface area (Å²) in [5.74, 6) is 2.11. The number of likely N-dealkylation sites (tertiary alicyclic amines) is 1. The van der Waals surface area contributed by atoms with Crippen LogP contribution in [0.15, 0.2) is 12.1 Å². The van der Waals surface area contributed by atoms with Gasteiger partial charge in [0.05, 0.1) is 21.3 Å². The van der Waals surface area contributed by atoms with E-state index in [0.717, 1.165) is 44.2 Å². The molecule has 0 spiro atoms. The number of rotatable bonds is 6. The number of halogens is 1. The molecule has 0 aromatic heterocycles. The van der Waals surface area contributed by atoms with Gasteiger partial charge in [0.1, 0.15) is 0 Å². The minimum absolute atomic E-state index is 0. The van der Waals surface area contributed by atoms with Gasteiger partial charge >= 0.3 is 0 Å². The van der Waals surface area contributed by atoms with Crippen LogP contribution < -0.4 is 19.5 Å². The molecule has 7 heteroatoms. The molecule has 2 heterocycles. The van der Waals surface area contributed by atoms with Crippen molar-refractivity contribution in [2.24, 2.45) is 0 Å². The van der Waals surface area contributed by atoms with Gasteiger partial charge in [-0.1, -0.05) is 0 Å². The van der Waals surface area contributed by atoms with Crippen molar-refractivity contribution in [1.29, 1.82) is 0 Å². The Balaban J connectivity index is 0.00000225. The first-order valence-corrected chi connectivity index (χ1v) is 8.71. The quantitative estimate of drug-likeness (QED) is 0.819. The van der Waals surface area contributed by atoms with Crippen molar-refractivity contribution < 1.29 is 14.2 Å². The van der Waals surface area contributed by atoms with E-state index in [9.17, 15) is 0 Å². The molecule has 25 heavy (non-hydrogen) atoms. The number of benzene rings is 1. The normalized spacial score (nSPS) is 21.6. The number of piperazine rings is 1. The third kappa shape index (κ3) is 4.70. The average molecular weight is 372 g/mol. The lowest BCUT2D eigenvalue weighted by Gasteiger charge is -2.32. The standard InChI is InChI=1S/C18H29N3O3.ClH/c1-22-16-10-14(11-17(23-2)18(16)24-3)12-20-7-4-15(13-20)21-8-5-19-6-9-21;/h10-11,15,19H,4-9,12-13H2,1-3H3;1H. The molecule has 2 fully saturated rings. The summed E-state index contributed by atoms with van der Waals surface area (Å²) in [4.78, 5) is 5.15. The van der Waals surface area contributed by atoms with E-state index < -0.39 is 0 Å². The van der Waals surface area contributed by atoms with Crippen LogP contribution in [0.2, 0.25) is 0 Å². The fourth-order valence-corrected chi connectivity index (χ4v) is 3.79. The zero-order valence-electron chi connectivity index (χ0n) is 15.4. The smallest absolute Gasteiger partial charge is 0.203 e. The molecule has 0 aliphatic carbocycles. The lowest BCUT2D eigenvalue weighted by molar-refractivity contribution is 0.170. The van der Waals surface area contributed by atoms with Crippen LogP contribution in [0.3, 0.4) is 0 Å². The summed E-state index contributed by atoms with van der Waals surface area (Å²) < 4.78 is 16.3. The number of ether oxygens (including phenoxy) is 3. The van der Waals surface area contributed by atoms with Gasteiger partial charge in [-0.3, -0.25) is 9.80 Å². The fraction of sp³-hybridized carbons (Fsp3) is 0.667. The highest BCUT2D eigenvalue weighted by atomic mass is 35.5. The van der Waals surface area contributed by atoms with Crippen LogP contribution in [-0.4, -0.2) is 76.4 Å². The Morgan fingerprint density at radius 1 is 1.00 bits per heavy atom. The van der Waals surface area contributed by atoms with Crippen LogP contribution in [0.5, 0.6) is 17.2 Å². The maximum Gasteiger partial charge on any atom is 0.203 e. The number of hydrogen-bond acceptors (Lipinski definition) is 6. The van der Waals surface area contributed by atoms with Gasteiger partial charge in [-0.2, -0.15) is 0 Å². The van der Waals surface area contributed by atoms with Crippen molar-refractivity contribution in [2.45, 2.75) is 19.0 Å². The van der Waals surface area contributed by atoms with E-state index in [4.69, 9.17) is 14.2 Å².